The van der Waals surface area contributed by atoms with E-state index in [1.807, 2.05) is 19.9 Å². The molecular formula is C20H26O4. The van der Waals surface area contributed by atoms with Crippen LogP contribution < -0.4 is 0 Å². The summed E-state index contributed by atoms with van der Waals surface area (Å²) in [7, 11) is 0. The number of rotatable bonds is 2. The molecule has 0 N–H and O–H groups in total. The van der Waals surface area contributed by atoms with Gasteiger partial charge in [0.1, 0.15) is 12.2 Å². The van der Waals surface area contributed by atoms with E-state index in [0.717, 1.165) is 24.0 Å². The summed E-state index contributed by atoms with van der Waals surface area (Å²) < 4.78 is 11.2. The van der Waals surface area contributed by atoms with Crippen LogP contribution in [0.1, 0.15) is 47.0 Å². The summed E-state index contributed by atoms with van der Waals surface area (Å²) in [5, 5.41) is 0. The van der Waals surface area contributed by atoms with Crippen molar-refractivity contribution < 1.29 is 19.1 Å². The lowest BCUT2D eigenvalue weighted by Crippen LogP contribution is -2.33. The minimum atomic E-state index is -0.463. The van der Waals surface area contributed by atoms with E-state index >= 15 is 0 Å². The quantitative estimate of drug-likeness (QED) is 0.436. The lowest BCUT2D eigenvalue weighted by Gasteiger charge is -2.27. The largest absolute Gasteiger partial charge is 0.458 e. The van der Waals surface area contributed by atoms with Crippen LogP contribution in [0.15, 0.2) is 47.1 Å². The first-order valence-corrected chi connectivity index (χ1v) is 8.40. The topological polar surface area (TPSA) is 52.6 Å². The lowest BCUT2D eigenvalue weighted by molar-refractivity contribution is -0.147. The number of carbonyl (C=O) groups excluding carboxylic acids is 2. The van der Waals surface area contributed by atoms with Gasteiger partial charge in [0.2, 0.25) is 0 Å². The van der Waals surface area contributed by atoms with Crippen LogP contribution in [0.25, 0.3) is 0 Å². The van der Waals surface area contributed by atoms with E-state index in [2.05, 4.69) is 12.7 Å². The summed E-state index contributed by atoms with van der Waals surface area (Å²) in [6.07, 6.45) is 7.40. The highest BCUT2D eigenvalue weighted by Crippen LogP contribution is 2.36. The van der Waals surface area contributed by atoms with Crippen LogP contribution in [-0.4, -0.2) is 24.1 Å². The first kappa shape index (κ1) is 18.2. The minimum absolute atomic E-state index is 0.345. The van der Waals surface area contributed by atoms with Gasteiger partial charge in [-0.2, -0.15) is 0 Å². The zero-order valence-electron chi connectivity index (χ0n) is 14.9. The second kappa shape index (κ2) is 7.65. The number of allylic oxidation sites excluding steroid dienone is 3. The molecular weight excluding hydrogens is 304 g/mol. The highest BCUT2D eigenvalue weighted by molar-refractivity contribution is 5.92. The third-order valence-corrected chi connectivity index (χ3v) is 4.68. The Hall–Kier alpha value is -2.10. The molecule has 1 fully saturated rings. The normalized spacial score (nSPS) is 32.8. The van der Waals surface area contributed by atoms with Gasteiger partial charge in [-0.15, -0.1) is 0 Å². The molecule has 2 aliphatic rings. The number of ether oxygens (including phenoxy) is 2. The van der Waals surface area contributed by atoms with Gasteiger partial charge in [-0.3, -0.25) is 0 Å². The lowest BCUT2D eigenvalue weighted by atomic mass is 9.85. The molecule has 0 saturated carbocycles. The Morgan fingerprint density at radius 1 is 1.38 bits per heavy atom. The Kier molecular flexibility index (Phi) is 5.81. The average molecular weight is 330 g/mol. The molecule has 2 rings (SSSR count). The Morgan fingerprint density at radius 2 is 2.08 bits per heavy atom. The van der Waals surface area contributed by atoms with Crippen molar-refractivity contribution in [2.45, 2.75) is 59.2 Å². The van der Waals surface area contributed by atoms with E-state index in [1.165, 1.54) is 0 Å². The van der Waals surface area contributed by atoms with Crippen molar-refractivity contribution in [2.24, 2.45) is 5.92 Å². The van der Waals surface area contributed by atoms with E-state index in [9.17, 15) is 9.59 Å². The molecule has 4 heteroatoms. The fraction of sp³-hybridized carbons (Fsp3) is 0.500. The van der Waals surface area contributed by atoms with Crippen LogP contribution in [0, 0.1) is 5.92 Å². The molecule has 3 atom stereocenters. The highest BCUT2D eigenvalue weighted by atomic mass is 16.6. The van der Waals surface area contributed by atoms with Crippen LogP contribution in [0.5, 0.6) is 0 Å². The van der Waals surface area contributed by atoms with Gasteiger partial charge in [0, 0.05) is 17.6 Å². The summed E-state index contributed by atoms with van der Waals surface area (Å²) in [6, 6.07) is 0. The van der Waals surface area contributed by atoms with Crippen molar-refractivity contribution in [2.75, 3.05) is 0 Å². The van der Waals surface area contributed by atoms with Crippen molar-refractivity contribution in [3.63, 3.8) is 0 Å². The zero-order chi connectivity index (χ0) is 17.9. The second-order valence-electron chi connectivity index (χ2n) is 6.64. The molecule has 0 aromatic carbocycles. The van der Waals surface area contributed by atoms with Crippen molar-refractivity contribution in [3.05, 3.63) is 47.1 Å². The first-order valence-electron chi connectivity index (χ1n) is 8.40. The summed E-state index contributed by atoms with van der Waals surface area (Å²) in [4.78, 5) is 24.3. The third kappa shape index (κ3) is 4.05. The van der Waals surface area contributed by atoms with E-state index in [-0.39, 0.29) is 11.9 Å². The fourth-order valence-corrected chi connectivity index (χ4v) is 3.08. The van der Waals surface area contributed by atoms with E-state index in [1.54, 1.807) is 19.9 Å². The Morgan fingerprint density at radius 3 is 2.75 bits per heavy atom. The highest BCUT2D eigenvalue weighted by Gasteiger charge is 2.44. The van der Waals surface area contributed by atoms with Gasteiger partial charge in [-0.1, -0.05) is 29.9 Å². The molecule has 1 aliphatic carbocycles. The van der Waals surface area contributed by atoms with Crippen molar-refractivity contribution in [1.29, 1.82) is 0 Å². The Bertz CT molecular complexity index is 636. The molecule has 0 radical (unpaired) electrons. The maximum Gasteiger partial charge on any atom is 0.334 e. The molecule has 1 aliphatic heterocycles. The van der Waals surface area contributed by atoms with Crippen molar-refractivity contribution >= 4 is 11.9 Å². The smallest absolute Gasteiger partial charge is 0.334 e. The molecule has 0 unspecified atom stereocenters. The number of fused-ring (bicyclic) bond motifs is 1. The van der Waals surface area contributed by atoms with E-state index < -0.39 is 18.2 Å². The molecule has 1 heterocycles. The van der Waals surface area contributed by atoms with Gasteiger partial charge < -0.3 is 9.47 Å². The number of carbonyl (C=O) groups is 2. The molecule has 0 aromatic rings. The third-order valence-electron chi connectivity index (χ3n) is 4.68. The predicted molar refractivity (Wildman–Crippen MR) is 93.2 cm³/mol. The molecule has 1 saturated heterocycles. The first-order chi connectivity index (χ1) is 11.3. The Labute approximate surface area is 143 Å². The average Bonchev–Trinajstić information content (AvgIpc) is 2.79. The Balaban J connectivity index is 2.38. The molecule has 0 spiro atoms. The van der Waals surface area contributed by atoms with Crippen LogP contribution in [0.2, 0.25) is 0 Å². The SMILES string of the molecule is C=C1C(=O)O[C@@H]2/C=C(\C)CC/C=C(/C)C[C@@H](OC(=O)/C(C)=C/C)[C@@H]12. The summed E-state index contributed by atoms with van der Waals surface area (Å²) >= 11 is 0. The number of esters is 2. The summed E-state index contributed by atoms with van der Waals surface area (Å²) in [6.45, 7) is 11.5. The molecule has 0 aromatic heterocycles. The van der Waals surface area contributed by atoms with Crippen LogP contribution in [-0.2, 0) is 19.1 Å². The van der Waals surface area contributed by atoms with Crippen LogP contribution in [0.3, 0.4) is 0 Å². The molecule has 130 valence electrons. The van der Waals surface area contributed by atoms with Crippen LogP contribution >= 0.6 is 0 Å². The molecule has 24 heavy (non-hydrogen) atoms. The zero-order valence-corrected chi connectivity index (χ0v) is 14.9. The predicted octanol–water partition coefficient (Wildman–Crippen LogP) is 4.04. The number of hydrogen-bond acceptors (Lipinski definition) is 4. The molecule has 0 amide bonds. The van der Waals surface area contributed by atoms with Gasteiger partial charge in [0.25, 0.3) is 0 Å². The van der Waals surface area contributed by atoms with Crippen molar-refractivity contribution in [1.82, 2.24) is 0 Å². The maximum absolute atomic E-state index is 12.3. The van der Waals surface area contributed by atoms with Gasteiger partial charge in [0.15, 0.2) is 0 Å². The standard InChI is InChI=1S/C20H26O4/c1-6-14(4)19(21)23-16-10-12(2)8-7-9-13(3)11-17-18(16)15(5)20(22)24-17/h6,8,11,16-18H,5,7,9-10H2,1-4H3/b12-8-,13-11+,14-6+/t16-,17-,18-/m1/s1. The van der Waals surface area contributed by atoms with E-state index in [4.69, 9.17) is 9.47 Å². The molecule has 0 bridgehead atoms. The maximum atomic E-state index is 12.3. The van der Waals surface area contributed by atoms with Gasteiger partial charge >= 0.3 is 11.9 Å². The fourth-order valence-electron chi connectivity index (χ4n) is 3.08. The minimum Gasteiger partial charge on any atom is -0.458 e. The monoisotopic (exact) mass is 330 g/mol. The van der Waals surface area contributed by atoms with Crippen LogP contribution in [0.4, 0.5) is 0 Å². The number of hydrogen-bond donors (Lipinski definition) is 0. The summed E-state index contributed by atoms with van der Waals surface area (Å²) in [5.74, 6) is -1.11. The van der Waals surface area contributed by atoms with Gasteiger partial charge in [-0.25, -0.2) is 9.59 Å². The van der Waals surface area contributed by atoms with E-state index in [0.29, 0.717) is 17.6 Å². The second-order valence-corrected chi connectivity index (χ2v) is 6.64. The summed E-state index contributed by atoms with van der Waals surface area (Å²) in [5.41, 5.74) is 3.24. The van der Waals surface area contributed by atoms with Crippen molar-refractivity contribution in [3.8, 4) is 0 Å². The molecule has 4 nitrogen and oxygen atoms in total. The van der Waals surface area contributed by atoms with Gasteiger partial charge in [0.05, 0.1) is 5.92 Å². The van der Waals surface area contributed by atoms with Gasteiger partial charge in [-0.05, 0) is 46.6 Å².